The number of amides is 1. The van der Waals surface area contributed by atoms with Crippen LogP contribution in [0.2, 0.25) is 0 Å². The summed E-state index contributed by atoms with van der Waals surface area (Å²) in [4.78, 5) is 29.3. The standard InChI is InChI=1S/C26H29FN2O2/c27-20-9-7-18(8-10-20)22-15-19-16-28(17-23(19)22)13-3-4-14-29-24-6-2-1-5-21(24)25(30)11-12-26(29)31/h1-2,5-10,19,22-23H,3-4,11-17H2/t19-,22-,23+/m1/s1. The molecule has 5 heteroatoms. The molecule has 2 heterocycles. The number of rotatable bonds is 6. The first-order valence-electron chi connectivity index (χ1n) is 11.5. The topological polar surface area (TPSA) is 40.6 Å². The molecule has 4 nitrogen and oxygen atoms in total. The van der Waals surface area contributed by atoms with Gasteiger partial charge in [0.2, 0.25) is 5.91 Å². The number of hydrogen-bond acceptors (Lipinski definition) is 3. The van der Waals surface area contributed by atoms with Gasteiger partial charge in [0.25, 0.3) is 0 Å². The van der Waals surface area contributed by atoms with E-state index >= 15 is 0 Å². The van der Waals surface area contributed by atoms with Gasteiger partial charge in [-0.15, -0.1) is 0 Å². The Morgan fingerprint density at radius 3 is 2.52 bits per heavy atom. The third-order valence-corrected chi connectivity index (χ3v) is 7.41. The lowest BCUT2D eigenvalue weighted by atomic mass is 9.64. The van der Waals surface area contributed by atoms with E-state index in [2.05, 4.69) is 4.90 Å². The average Bonchev–Trinajstić information content (AvgIpc) is 3.02. The van der Waals surface area contributed by atoms with Crippen molar-refractivity contribution in [3.8, 4) is 0 Å². The Bertz CT molecular complexity index is 974. The van der Waals surface area contributed by atoms with E-state index in [0.29, 0.717) is 36.8 Å². The number of halogens is 1. The molecule has 2 fully saturated rings. The van der Waals surface area contributed by atoms with Crippen LogP contribution in [0.25, 0.3) is 0 Å². The van der Waals surface area contributed by atoms with E-state index in [4.69, 9.17) is 0 Å². The van der Waals surface area contributed by atoms with Crippen molar-refractivity contribution >= 4 is 17.4 Å². The Labute approximate surface area is 183 Å². The van der Waals surface area contributed by atoms with Crippen LogP contribution in [0.15, 0.2) is 48.5 Å². The van der Waals surface area contributed by atoms with Crippen LogP contribution in [0, 0.1) is 17.7 Å². The quantitative estimate of drug-likeness (QED) is 0.639. The number of likely N-dealkylation sites (tertiary alicyclic amines) is 1. The Hall–Kier alpha value is -2.53. The van der Waals surface area contributed by atoms with Crippen LogP contribution in [0.3, 0.4) is 0 Å². The minimum absolute atomic E-state index is 0.0552. The monoisotopic (exact) mass is 420 g/mol. The van der Waals surface area contributed by atoms with Crippen LogP contribution in [0.1, 0.15) is 53.9 Å². The summed E-state index contributed by atoms with van der Waals surface area (Å²) < 4.78 is 13.2. The minimum Gasteiger partial charge on any atom is -0.312 e. The van der Waals surface area contributed by atoms with Crippen molar-refractivity contribution in [3.05, 3.63) is 65.5 Å². The van der Waals surface area contributed by atoms with Crippen LogP contribution < -0.4 is 4.90 Å². The molecule has 1 saturated heterocycles. The molecular weight excluding hydrogens is 391 g/mol. The van der Waals surface area contributed by atoms with Gasteiger partial charge in [0.05, 0.1) is 5.69 Å². The van der Waals surface area contributed by atoms with Crippen LogP contribution in [0.5, 0.6) is 0 Å². The zero-order valence-electron chi connectivity index (χ0n) is 17.8. The molecule has 1 aliphatic carbocycles. The molecule has 0 unspecified atom stereocenters. The lowest BCUT2D eigenvalue weighted by molar-refractivity contribution is -0.118. The molecule has 1 amide bonds. The van der Waals surface area contributed by atoms with Gasteiger partial charge >= 0.3 is 0 Å². The van der Waals surface area contributed by atoms with Crippen molar-refractivity contribution in [2.75, 3.05) is 31.1 Å². The number of hydrogen-bond donors (Lipinski definition) is 0. The number of Topliss-reactive ketones (excluding diaryl/α,β-unsaturated/α-hetero) is 1. The zero-order valence-corrected chi connectivity index (χ0v) is 17.8. The molecular formula is C26H29FN2O2. The maximum absolute atomic E-state index is 13.2. The van der Waals surface area contributed by atoms with Crippen molar-refractivity contribution < 1.29 is 14.0 Å². The number of fused-ring (bicyclic) bond motifs is 2. The molecule has 2 aromatic rings. The number of ketones is 1. The number of benzene rings is 2. The van der Waals surface area contributed by atoms with Crippen molar-refractivity contribution in [1.82, 2.24) is 4.90 Å². The SMILES string of the molecule is O=C1CCC(=O)N(CCCCN2C[C@H]3C[C@H](c4ccc(F)cc4)[C@H]3C2)c2ccccc21. The molecule has 0 N–H and O–H groups in total. The van der Waals surface area contributed by atoms with Gasteiger partial charge in [0, 0.05) is 38.0 Å². The van der Waals surface area contributed by atoms with Gasteiger partial charge in [0.15, 0.2) is 5.78 Å². The highest BCUT2D eigenvalue weighted by atomic mass is 19.1. The molecule has 162 valence electrons. The Morgan fingerprint density at radius 1 is 0.903 bits per heavy atom. The second-order valence-corrected chi connectivity index (χ2v) is 9.27. The van der Waals surface area contributed by atoms with E-state index in [1.165, 1.54) is 12.0 Å². The summed E-state index contributed by atoms with van der Waals surface area (Å²) in [6.45, 7) is 3.99. The summed E-state index contributed by atoms with van der Waals surface area (Å²) in [5.41, 5.74) is 2.73. The second kappa shape index (κ2) is 8.54. The number of carbonyl (C=O) groups excluding carboxylic acids is 2. The van der Waals surface area contributed by atoms with Crippen LogP contribution >= 0.6 is 0 Å². The lowest BCUT2D eigenvalue weighted by Crippen LogP contribution is -2.33. The Kier molecular flexibility index (Phi) is 5.61. The van der Waals surface area contributed by atoms with Gasteiger partial charge < -0.3 is 9.80 Å². The van der Waals surface area contributed by atoms with Gasteiger partial charge in [-0.3, -0.25) is 9.59 Å². The van der Waals surface area contributed by atoms with Crippen molar-refractivity contribution in [2.45, 2.75) is 38.0 Å². The normalized spacial score (nSPS) is 25.7. The van der Waals surface area contributed by atoms with E-state index in [1.807, 2.05) is 41.3 Å². The van der Waals surface area contributed by atoms with Crippen LogP contribution in [-0.2, 0) is 4.79 Å². The lowest BCUT2D eigenvalue weighted by Gasteiger charge is -2.40. The molecule has 31 heavy (non-hydrogen) atoms. The highest BCUT2D eigenvalue weighted by Crippen LogP contribution is 2.51. The number of anilines is 1. The molecule has 0 spiro atoms. The summed E-state index contributed by atoms with van der Waals surface area (Å²) in [5.74, 6) is 1.98. The van der Waals surface area contributed by atoms with Crippen molar-refractivity contribution in [2.24, 2.45) is 11.8 Å². The first-order valence-corrected chi connectivity index (χ1v) is 11.5. The predicted molar refractivity (Wildman–Crippen MR) is 119 cm³/mol. The number of unbranched alkanes of at least 4 members (excludes halogenated alkanes) is 1. The molecule has 1 saturated carbocycles. The molecule has 0 radical (unpaired) electrons. The molecule has 2 aromatic carbocycles. The third-order valence-electron chi connectivity index (χ3n) is 7.41. The summed E-state index contributed by atoms with van der Waals surface area (Å²) >= 11 is 0. The summed E-state index contributed by atoms with van der Waals surface area (Å²) in [7, 11) is 0. The van der Waals surface area contributed by atoms with E-state index in [0.717, 1.165) is 44.1 Å². The average molecular weight is 421 g/mol. The minimum atomic E-state index is -0.164. The fourth-order valence-electron chi connectivity index (χ4n) is 5.69. The summed E-state index contributed by atoms with van der Waals surface area (Å²) in [6, 6.07) is 14.5. The fourth-order valence-corrected chi connectivity index (χ4v) is 5.69. The van der Waals surface area contributed by atoms with Crippen molar-refractivity contribution in [1.29, 1.82) is 0 Å². The number of carbonyl (C=O) groups is 2. The Balaban J connectivity index is 1.12. The largest absolute Gasteiger partial charge is 0.312 e. The molecule has 3 aliphatic rings. The summed E-state index contributed by atoms with van der Waals surface area (Å²) in [6.07, 6.45) is 3.79. The highest BCUT2D eigenvalue weighted by molar-refractivity contribution is 6.10. The molecule has 5 rings (SSSR count). The Morgan fingerprint density at radius 2 is 1.68 bits per heavy atom. The van der Waals surface area contributed by atoms with Gasteiger partial charge in [-0.05, 0) is 73.4 Å². The third kappa shape index (κ3) is 4.03. The van der Waals surface area contributed by atoms with Gasteiger partial charge in [-0.25, -0.2) is 4.39 Å². The van der Waals surface area contributed by atoms with Crippen LogP contribution in [0.4, 0.5) is 10.1 Å². The molecule has 0 aromatic heterocycles. The number of nitrogens with zero attached hydrogens (tertiary/aromatic N) is 2. The van der Waals surface area contributed by atoms with Gasteiger partial charge in [-0.1, -0.05) is 24.3 Å². The van der Waals surface area contributed by atoms with Crippen molar-refractivity contribution in [3.63, 3.8) is 0 Å². The molecule has 3 atom stereocenters. The highest BCUT2D eigenvalue weighted by Gasteiger charge is 2.47. The van der Waals surface area contributed by atoms with E-state index < -0.39 is 0 Å². The van der Waals surface area contributed by atoms with E-state index in [1.54, 1.807) is 12.1 Å². The smallest absolute Gasteiger partial charge is 0.227 e. The zero-order chi connectivity index (χ0) is 21.4. The molecule has 2 aliphatic heterocycles. The van der Waals surface area contributed by atoms with Gasteiger partial charge in [0.1, 0.15) is 5.82 Å². The maximum Gasteiger partial charge on any atom is 0.227 e. The fraction of sp³-hybridized carbons (Fsp3) is 0.462. The first-order chi connectivity index (χ1) is 15.1. The van der Waals surface area contributed by atoms with E-state index in [-0.39, 0.29) is 17.5 Å². The molecule has 0 bridgehead atoms. The summed E-state index contributed by atoms with van der Waals surface area (Å²) in [5, 5.41) is 0. The second-order valence-electron chi connectivity index (χ2n) is 9.27. The van der Waals surface area contributed by atoms with E-state index in [9.17, 15) is 14.0 Å². The first kappa shape index (κ1) is 20.4. The maximum atomic E-state index is 13.2. The van der Waals surface area contributed by atoms with Gasteiger partial charge in [-0.2, -0.15) is 0 Å². The number of para-hydroxylation sites is 1. The van der Waals surface area contributed by atoms with Crippen LogP contribution in [-0.4, -0.2) is 42.8 Å². The predicted octanol–water partition coefficient (Wildman–Crippen LogP) is 4.65.